The molecule has 0 aliphatic heterocycles. The molecule has 0 unspecified atom stereocenters. The summed E-state index contributed by atoms with van der Waals surface area (Å²) < 4.78 is 0.934. The second-order valence-corrected chi connectivity index (χ2v) is 3.93. The molecule has 0 heterocycles. The average Bonchev–Trinajstić information content (AvgIpc) is 2.12. The zero-order valence-corrected chi connectivity index (χ0v) is 8.82. The van der Waals surface area contributed by atoms with Gasteiger partial charge in [0.15, 0.2) is 0 Å². The SMILES string of the molecule is Oc1ccc(I)c2c(O)cccc12. The third-order valence-corrected chi connectivity index (χ3v) is 2.84. The van der Waals surface area contributed by atoms with Gasteiger partial charge in [0.1, 0.15) is 11.5 Å². The van der Waals surface area contributed by atoms with E-state index in [0.29, 0.717) is 10.8 Å². The number of hydrogen-bond acceptors (Lipinski definition) is 2. The molecular formula is C10H7IO2. The van der Waals surface area contributed by atoms with Crippen molar-refractivity contribution < 1.29 is 10.2 Å². The largest absolute Gasteiger partial charge is 0.507 e. The Balaban J connectivity index is 3.00. The maximum absolute atomic E-state index is 9.56. The minimum Gasteiger partial charge on any atom is -0.507 e. The summed E-state index contributed by atoms with van der Waals surface area (Å²) in [6.07, 6.45) is 0. The second-order valence-electron chi connectivity index (χ2n) is 2.77. The van der Waals surface area contributed by atoms with E-state index in [2.05, 4.69) is 22.6 Å². The lowest BCUT2D eigenvalue weighted by atomic mass is 10.1. The fraction of sp³-hybridized carbons (Fsp3) is 0. The van der Waals surface area contributed by atoms with E-state index in [0.717, 1.165) is 3.57 Å². The van der Waals surface area contributed by atoms with Crippen LogP contribution in [-0.2, 0) is 0 Å². The van der Waals surface area contributed by atoms with E-state index in [1.54, 1.807) is 30.3 Å². The van der Waals surface area contributed by atoms with Gasteiger partial charge in [-0.2, -0.15) is 0 Å². The van der Waals surface area contributed by atoms with Gasteiger partial charge in [0.25, 0.3) is 0 Å². The number of halogens is 1. The topological polar surface area (TPSA) is 40.5 Å². The number of hydrogen-bond donors (Lipinski definition) is 2. The predicted molar refractivity (Wildman–Crippen MR) is 60.0 cm³/mol. The molecule has 0 aliphatic rings. The number of benzene rings is 2. The van der Waals surface area contributed by atoms with E-state index < -0.39 is 0 Å². The Morgan fingerprint density at radius 1 is 0.923 bits per heavy atom. The summed E-state index contributed by atoms with van der Waals surface area (Å²) in [7, 11) is 0. The molecule has 0 aliphatic carbocycles. The van der Waals surface area contributed by atoms with Gasteiger partial charge in [0, 0.05) is 14.3 Å². The Labute approximate surface area is 89.0 Å². The number of phenols is 2. The minimum absolute atomic E-state index is 0.200. The fourth-order valence-electron chi connectivity index (χ4n) is 1.33. The molecule has 0 saturated carbocycles. The van der Waals surface area contributed by atoms with E-state index in [9.17, 15) is 10.2 Å². The van der Waals surface area contributed by atoms with E-state index >= 15 is 0 Å². The maximum Gasteiger partial charge on any atom is 0.124 e. The van der Waals surface area contributed by atoms with E-state index in [1.165, 1.54) is 0 Å². The molecule has 0 aromatic heterocycles. The van der Waals surface area contributed by atoms with Crippen molar-refractivity contribution in [3.63, 3.8) is 0 Å². The Morgan fingerprint density at radius 3 is 2.38 bits per heavy atom. The van der Waals surface area contributed by atoms with Crippen LogP contribution in [0.25, 0.3) is 10.8 Å². The summed E-state index contributed by atoms with van der Waals surface area (Å²) in [6, 6.07) is 8.52. The lowest BCUT2D eigenvalue weighted by Gasteiger charge is -2.04. The highest BCUT2D eigenvalue weighted by atomic mass is 127. The number of aromatic hydroxyl groups is 2. The van der Waals surface area contributed by atoms with Crippen LogP contribution < -0.4 is 0 Å². The molecule has 3 heteroatoms. The Morgan fingerprint density at radius 2 is 1.69 bits per heavy atom. The van der Waals surface area contributed by atoms with Crippen LogP contribution in [0.5, 0.6) is 11.5 Å². The summed E-state index contributed by atoms with van der Waals surface area (Å²) in [5, 5.41) is 20.5. The number of rotatable bonds is 0. The van der Waals surface area contributed by atoms with Gasteiger partial charge in [0.05, 0.1) is 0 Å². The first-order chi connectivity index (χ1) is 6.20. The molecule has 0 atom stereocenters. The molecular weight excluding hydrogens is 279 g/mol. The molecule has 0 saturated heterocycles. The number of phenolic OH excluding ortho intramolecular Hbond substituents is 2. The molecule has 2 N–H and O–H groups in total. The van der Waals surface area contributed by atoms with Gasteiger partial charge in [-0.05, 0) is 40.8 Å². The molecule has 0 spiro atoms. The normalized spacial score (nSPS) is 10.5. The van der Waals surface area contributed by atoms with Crippen LogP contribution in [0.3, 0.4) is 0 Å². The third-order valence-electron chi connectivity index (χ3n) is 1.94. The monoisotopic (exact) mass is 286 g/mol. The van der Waals surface area contributed by atoms with Crippen molar-refractivity contribution in [2.45, 2.75) is 0 Å². The molecule has 0 fully saturated rings. The quantitative estimate of drug-likeness (QED) is 0.731. The van der Waals surface area contributed by atoms with Crippen molar-refractivity contribution >= 4 is 33.4 Å². The standard InChI is InChI=1S/C10H7IO2/c11-7-4-5-8(12)6-2-1-3-9(13)10(6)7/h1-5,12-13H. The van der Waals surface area contributed by atoms with Crippen molar-refractivity contribution in [2.24, 2.45) is 0 Å². The first kappa shape index (κ1) is 8.62. The summed E-state index contributed by atoms with van der Waals surface area (Å²) in [5.41, 5.74) is 0. The smallest absolute Gasteiger partial charge is 0.124 e. The highest BCUT2D eigenvalue weighted by Gasteiger charge is 2.06. The van der Waals surface area contributed by atoms with Crippen molar-refractivity contribution in [3.05, 3.63) is 33.9 Å². The lowest BCUT2D eigenvalue weighted by molar-refractivity contribution is 0.475. The van der Waals surface area contributed by atoms with E-state index in [1.807, 2.05) is 0 Å². The lowest BCUT2D eigenvalue weighted by Crippen LogP contribution is -1.79. The first-order valence-electron chi connectivity index (χ1n) is 3.79. The third kappa shape index (κ3) is 1.33. The van der Waals surface area contributed by atoms with Gasteiger partial charge in [0.2, 0.25) is 0 Å². The van der Waals surface area contributed by atoms with E-state index in [4.69, 9.17) is 0 Å². The van der Waals surface area contributed by atoms with Crippen LogP contribution >= 0.6 is 22.6 Å². The van der Waals surface area contributed by atoms with E-state index in [-0.39, 0.29) is 11.5 Å². The molecule has 0 radical (unpaired) electrons. The van der Waals surface area contributed by atoms with Crippen LogP contribution in [0.15, 0.2) is 30.3 Å². The molecule has 2 nitrogen and oxygen atoms in total. The maximum atomic E-state index is 9.56. The summed E-state index contributed by atoms with van der Waals surface area (Å²) in [5.74, 6) is 0.407. The summed E-state index contributed by atoms with van der Waals surface area (Å²) >= 11 is 2.13. The average molecular weight is 286 g/mol. The van der Waals surface area contributed by atoms with Crippen LogP contribution in [0.4, 0.5) is 0 Å². The van der Waals surface area contributed by atoms with Crippen LogP contribution in [0, 0.1) is 3.57 Å². The Kier molecular flexibility index (Phi) is 2.03. The van der Waals surface area contributed by atoms with Crippen molar-refractivity contribution in [1.29, 1.82) is 0 Å². The van der Waals surface area contributed by atoms with Crippen LogP contribution in [-0.4, -0.2) is 10.2 Å². The van der Waals surface area contributed by atoms with Gasteiger partial charge in [-0.1, -0.05) is 12.1 Å². The second kappa shape index (κ2) is 3.06. The zero-order chi connectivity index (χ0) is 9.42. The van der Waals surface area contributed by atoms with Gasteiger partial charge < -0.3 is 10.2 Å². The highest BCUT2D eigenvalue weighted by Crippen LogP contribution is 2.34. The minimum atomic E-state index is 0.200. The summed E-state index contributed by atoms with van der Waals surface area (Å²) in [4.78, 5) is 0. The molecule has 2 aromatic rings. The van der Waals surface area contributed by atoms with Gasteiger partial charge in [-0.25, -0.2) is 0 Å². The van der Waals surface area contributed by atoms with Crippen LogP contribution in [0.2, 0.25) is 0 Å². The predicted octanol–water partition coefficient (Wildman–Crippen LogP) is 2.86. The Hall–Kier alpha value is -0.970. The zero-order valence-electron chi connectivity index (χ0n) is 6.66. The molecule has 0 bridgehead atoms. The van der Waals surface area contributed by atoms with Gasteiger partial charge >= 0.3 is 0 Å². The number of fused-ring (bicyclic) bond motifs is 1. The molecule has 0 amide bonds. The Bertz CT molecular complexity index is 457. The molecule has 2 aromatic carbocycles. The molecule has 66 valence electrons. The van der Waals surface area contributed by atoms with Crippen molar-refractivity contribution in [2.75, 3.05) is 0 Å². The van der Waals surface area contributed by atoms with Crippen molar-refractivity contribution in [3.8, 4) is 11.5 Å². The highest BCUT2D eigenvalue weighted by molar-refractivity contribution is 14.1. The molecule has 2 rings (SSSR count). The first-order valence-corrected chi connectivity index (χ1v) is 4.87. The van der Waals surface area contributed by atoms with Crippen molar-refractivity contribution in [1.82, 2.24) is 0 Å². The summed E-state index contributed by atoms with van der Waals surface area (Å²) in [6.45, 7) is 0. The molecule has 13 heavy (non-hydrogen) atoms. The van der Waals surface area contributed by atoms with Gasteiger partial charge in [-0.15, -0.1) is 0 Å². The van der Waals surface area contributed by atoms with Gasteiger partial charge in [-0.3, -0.25) is 0 Å². The van der Waals surface area contributed by atoms with Crippen LogP contribution in [0.1, 0.15) is 0 Å². The fourth-order valence-corrected chi connectivity index (χ4v) is 2.08.